The molecule has 0 amide bonds. The standard InChI is InChI=1S/C18H22ClNO/c1-3-17(20)11-15-10-16(19)8-9-18(15)21-12-14-6-4-13(2)5-7-14/h4-10,17H,3,11-12,20H2,1-2H3. The number of nitrogens with two attached hydrogens (primary N) is 1. The molecule has 0 aliphatic heterocycles. The number of hydrogen-bond donors (Lipinski definition) is 1. The number of rotatable bonds is 6. The number of ether oxygens (including phenoxy) is 1. The largest absolute Gasteiger partial charge is 0.489 e. The molecule has 0 heterocycles. The summed E-state index contributed by atoms with van der Waals surface area (Å²) in [5.74, 6) is 0.865. The number of benzene rings is 2. The second kappa shape index (κ2) is 7.48. The van der Waals surface area contributed by atoms with Crippen LogP contribution in [0, 0.1) is 6.92 Å². The maximum absolute atomic E-state index is 6.08. The molecule has 0 aliphatic carbocycles. The quantitative estimate of drug-likeness (QED) is 0.852. The molecule has 0 spiro atoms. The minimum atomic E-state index is 0.130. The Kier molecular flexibility index (Phi) is 5.66. The van der Waals surface area contributed by atoms with Gasteiger partial charge in [-0.2, -0.15) is 0 Å². The molecular formula is C18H22ClNO. The summed E-state index contributed by atoms with van der Waals surface area (Å²) >= 11 is 6.08. The van der Waals surface area contributed by atoms with Crippen LogP contribution in [0.4, 0.5) is 0 Å². The van der Waals surface area contributed by atoms with Crippen LogP contribution in [0.15, 0.2) is 42.5 Å². The first-order valence-electron chi connectivity index (χ1n) is 7.31. The van der Waals surface area contributed by atoms with Gasteiger partial charge in [0.2, 0.25) is 0 Å². The third kappa shape index (κ3) is 4.76. The zero-order valence-corrected chi connectivity index (χ0v) is 13.4. The van der Waals surface area contributed by atoms with E-state index in [2.05, 4.69) is 38.1 Å². The monoisotopic (exact) mass is 303 g/mol. The Labute approximate surface area is 131 Å². The molecule has 3 heteroatoms. The van der Waals surface area contributed by atoms with Gasteiger partial charge in [-0.15, -0.1) is 0 Å². The van der Waals surface area contributed by atoms with Gasteiger partial charge in [-0.05, 0) is 49.1 Å². The first kappa shape index (κ1) is 15.9. The lowest BCUT2D eigenvalue weighted by atomic mass is 10.0. The molecule has 1 atom stereocenters. The van der Waals surface area contributed by atoms with E-state index in [0.29, 0.717) is 6.61 Å². The van der Waals surface area contributed by atoms with Crippen molar-refractivity contribution < 1.29 is 4.74 Å². The summed E-state index contributed by atoms with van der Waals surface area (Å²) in [6.45, 7) is 4.71. The van der Waals surface area contributed by atoms with Gasteiger partial charge in [0.05, 0.1) is 0 Å². The van der Waals surface area contributed by atoms with Crippen LogP contribution >= 0.6 is 11.6 Å². The fourth-order valence-electron chi connectivity index (χ4n) is 2.12. The molecule has 0 bridgehead atoms. The molecule has 2 rings (SSSR count). The first-order valence-corrected chi connectivity index (χ1v) is 7.68. The van der Waals surface area contributed by atoms with Crippen LogP contribution in [-0.4, -0.2) is 6.04 Å². The molecule has 0 fully saturated rings. The fraction of sp³-hybridized carbons (Fsp3) is 0.333. The highest BCUT2D eigenvalue weighted by Gasteiger charge is 2.09. The fourth-order valence-corrected chi connectivity index (χ4v) is 2.32. The van der Waals surface area contributed by atoms with E-state index in [1.807, 2.05) is 18.2 Å². The van der Waals surface area contributed by atoms with Crippen LogP contribution in [0.2, 0.25) is 5.02 Å². The van der Waals surface area contributed by atoms with Gasteiger partial charge in [-0.1, -0.05) is 48.4 Å². The lowest BCUT2D eigenvalue weighted by Gasteiger charge is -2.15. The highest BCUT2D eigenvalue weighted by molar-refractivity contribution is 6.30. The molecule has 0 aromatic heterocycles. The van der Waals surface area contributed by atoms with Crippen LogP contribution in [0.5, 0.6) is 5.75 Å². The van der Waals surface area contributed by atoms with E-state index in [9.17, 15) is 0 Å². The zero-order valence-electron chi connectivity index (χ0n) is 12.6. The van der Waals surface area contributed by atoms with Gasteiger partial charge in [0.15, 0.2) is 0 Å². The van der Waals surface area contributed by atoms with Crippen LogP contribution in [0.25, 0.3) is 0 Å². The number of hydrogen-bond acceptors (Lipinski definition) is 2. The summed E-state index contributed by atoms with van der Waals surface area (Å²) in [6.07, 6.45) is 1.71. The highest BCUT2D eigenvalue weighted by Crippen LogP contribution is 2.25. The van der Waals surface area contributed by atoms with Gasteiger partial charge in [0.1, 0.15) is 12.4 Å². The molecule has 0 aliphatic rings. The van der Waals surface area contributed by atoms with Gasteiger partial charge >= 0.3 is 0 Å². The maximum atomic E-state index is 6.08. The van der Waals surface area contributed by atoms with Crippen molar-refractivity contribution in [2.24, 2.45) is 5.73 Å². The Hall–Kier alpha value is -1.51. The minimum absolute atomic E-state index is 0.130. The lowest BCUT2D eigenvalue weighted by Crippen LogP contribution is -2.21. The molecule has 0 saturated carbocycles. The van der Waals surface area contributed by atoms with Gasteiger partial charge in [-0.3, -0.25) is 0 Å². The molecule has 0 radical (unpaired) electrons. The van der Waals surface area contributed by atoms with E-state index in [1.165, 1.54) is 5.56 Å². The SMILES string of the molecule is CCC(N)Cc1cc(Cl)ccc1OCc1ccc(C)cc1. The Morgan fingerprint density at radius 3 is 2.52 bits per heavy atom. The summed E-state index contributed by atoms with van der Waals surface area (Å²) in [4.78, 5) is 0. The third-order valence-electron chi connectivity index (χ3n) is 3.54. The van der Waals surface area contributed by atoms with Gasteiger partial charge < -0.3 is 10.5 Å². The molecular weight excluding hydrogens is 282 g/mol. The third-order valence-corrected chi connectivity index (χ3v) is 3.78. The summed E-state index contributed by atoms with van der Waals surface area (Å²) in [6, 6.07) is 14.2. The zero-order chi connectivity index (χ0) is 15.2. The predicted molar refractivity (Wildman–Crippen MR) is 88.9 cm³/mol. The molecule has 2 aromatic carbocycles. The predicted octanol–water partition coefficient (Wildman–Crippen LogP) is 4.51. The van der Waals surface area contributed by atoms with E-state index in [4.69, 9.17) is 22.1 Å². The average molecular weight is 304 g/mol. The molecule has 1 unspecified atom stereocenters. The van der Waals surface area contributed by atoms with Crippen molar-refractivity contribution in [3.05, 3.63) is 64.2 Å². The Balaban J connectivity index is 2.09. The summed E-state index contributed by atoms with van der Waals surface area (Å²) < 4.78 is 5.95. The van der Waals surface area contributed by atoms with E-state index in [1.54, 1.807) is 0 Å². The topological polar surface area (TPSA) is 35.2 Å². The highest BCUT2D eigenvalue weighted by atomic mass is 35.5. The average Bonchev–Trinajstić information content (AvgIpc) is 2.48. The number of halogens is 1. The molecule has 21 heavy (non-hydrogen) atoms. The van der Waals surface area contributed by atoms with Crippen molar-refractivity contribution in [1.29, 1.82) is 0 Å². The van der Waals surface area contributed by atoms with E-state index in [0.717, 1.165) is 34.7 Å². The van der Waals surface area contributed by atoms with Crippen molar-refractivity contribution in [3.63, 3.8) is 0 Å². The molecule has 2 aromatic rings. The summed E-state index contributed by atoms with van der Waals surface area (Å²) in [5, 5.41) is 0.719. The van der Waals surface area contributed by atoms with E-state index < -0.39 is 0 Å². The van der Waals surface area contributed by atoms with Crippen molar-refractivity contribution >= 4 is 11.6 Å². The Morgan fingerprint density at radius 1 is 1.14 bits per heavy atom. The molecule has 2 N–H and O–H groups in total. The van der Waals surface area contributed by atoms with Crippen LogP contribution in [0.1, 0.15) is 30.0 Å². The summed E-state index contributed by atoms with van der Waals surface area (Å²) in [5.41, 5.74) is 9.53. The van der Waals surface area contributed by atoms with E-state index >= 15 is 0 Å². The molecule has 112 valence electrons. The smallest absolute Gasteiger partial charge is 0.123 e. The van der Waals surface area contributed by atoms with Crippen molar-refractivity contribution in [3.8, 4) is 5.75 Å². The lowest BCUT2D eigenvalue weighted by molar-refractivity contribution is 0.302. The molecule has 2 nitrogen and oxygen atoms in total. The second-order valence-corrected chi connectivity index (χ2v) is 5.84. The van der Waals surface area contributed by atoms with Gasteiger partial charge in [0, 0.05) is 11.1 Å². The Morgan fingerprint density at radius 2 is 1.86 bits per heavy atom. The van der Waals surface area contributed by atoms with Crippen LogP contribution < -0.4 is 10.5 Å². The van der Waals surface area contributed by atoms with Gasteiger partial charge in [0.25, 0.3) is 0 Å². The molecule has 0 saturated heterocycles. The van der Waals surface area contributed by atoms with Crippen LogP contribution in [-0.2, 0) is 13.0 Å². The van der Waals surface area contributed by atoms with Gasteiger partial charge in [-0.25, -0.2) is 0 Å². The number of aryl methyl sites for hydroxylation is 1. The summed E-state index contributed by atoms with van der Waals surface area (Å²) in [7, 11) is 0. The normalized spacial score (nSPS) is 12.2. The van der Waals surface area contributed by atoms with Crippen LogP contribution in [0.3, 0.4) is 0 Å². The van der Waals surface area contributed by atoms with Crippen molar-refractivity contribution in [2.75, 3.05) is 0 Å². The Bertz CT molecular complexity index is 580. The first-order chi connectivity index (χ1) is 10.1. The van der Waals surface area contributed by atoms with Crippen molar-refractivity contribution in [1.82, 2.24) is 0 Å². The minimum Gasteiger partial charge on any atom is -0.489 e. The second-order valence-electron chi connectivity index (χ2n) is 5.40. The van der Waals surface area contributed by atoms with E-state index in [-0.39, 0.29) is 6.04 Å². The van der Waals surface area contributed by atoms with Crippen molar-refractivity contribution in [2.45, 2.75) is 39.3 Å². The maximum Gasteiger partial charge on any atom is 0.123 e.